The number of aromatic nitrogens is 2. The minimum atomic E-state index is -4.42. The number of halogens is 3. The number of nitrogens with zero attached hydrogens (tertiary/aromatic N) is 3. The molecular formula is C6H5F3N4. The number of hydrogen-bond donors (Lipinski definition) is 1. The summed E-state index contributed by atoms with van der Waals surface area (Å²) in [5.74, 6) is 0.156. The van der Waals surface area contributed by atoms with E-state index in [0.717, 1.165) is 0 Å². The van der Waals surface area contributed by atoms with Gasteiger partial charge in [-0.05, 0) is 0 Å². The maximum atomic E-state index is 11.5. The largest absolute Gasteiger partial charge is 0.428 e. The molecule has 0 unspecified atom stereocenters. The Hall–Kier alpha value is -1.66. The Kier molecular flexibility index (Phi) is 2.78. The summed E-state index contributed by atoms with van der Waals surface area (Å²) < 4.78 is 34.6. The van der Waals surface area contributed by atoms with E-state index in [0.29, 0.717) is 0 Å². The van der Waals surface area contributed by atoms with Crippen LogP contribution >= 0.6 is 0 Å². The van der Waals surface area contributed by atoms with Gasteiger partial charge in [-0.3, -0.25) is 10.4 Å². The number of nitrogens with one attached hydrogen (secondary N) is 1. The highest BCUT2D eigenvalue weighted by atomic mass is 19.4. The Labute approximate surface area is 71.5 Å². The van der Waals surface area contributed by atoms with E-state index in [-0.39, 0.29) is 12.0 Å². The Morgan fingerprint density at radius 3 is 2.69 bits per heavy atom. The predicted octanol–water partition coefficient (Wildman–Crippen LogP) is 1.44. The molecule has 1 heterocycles. The lowest BCUT2D eigenvalue weighted by Crippen LogP contribution is -2.10. The van der Waals surface area contributed by atoms with Crippen molar-refractivity contribution in [1.29, 1.82) is 0 Å². The number of anilines is 1. The maximum absolute atomic E-state index is 11.5. The van der Waals surface area contributed by atoms with Crippen LogP contribution in [0.1, 0.15) is 0 Å². The third-order valence-electron chi connectivity index (χ3n) is 0.953. The van der Waals surface area contributed by atoms with E-state index in [1.807, 2.05) is 0 Å². The molecule has 0 amide bonds. The monoisotopic (exact) mass is 190 g/mol. The fourth-order valence-corrected chi connectivity index (χ4v) is 0.528. The molecule has 1 aromatic heterocycles. The third kappa shape index (κ3) is 4.04. The smallest absolute Gasteiger partial charge is 0.260 e. The zero-order valence-electron chi connectivity index (χ0n) is 6.28. The first-order valence-electron chi connectivity index (χ1n) is 3.21. The first-order valence-corrected chi connectivity index (χ1v) is 3.21. The Morgan fingerprint density at radius 1 is 1.38 bits per heavy atom. The molecule has 0 aliphatic carbocycles. The summed E-state index contributed by atoms with van der Waals surface area (Å²) in [5, 5.41) is 2.91. The highest BCUT2D eigenvalue weighted by Crippen LogP contribution is 2.10. The van der Waals surface area contributed by atoms with Crippen LogP contribution in [0.3, 0.4) is 0 Å². The van der Waals surface area contributed by atoms with Gasteiger partial charge in [0.05, 0.1) is 6.20 Å². The minimum Gasteiger partial charge on any atom is -0.260 e. The van der Waals surface area contributed by atoms with Crippen LogP contribution in [0.4, 0.5) is 19.0 Å². The number of alkyl halides is 3. The van der Waals surface area contributed by atoms with Crippen molar-refractivity contribution in [2.24, 2.45) is 5.10 Å². The molecule has 0 bridgehead atoms. The maximum Gasteiger partial charge on any atom is 0.428 e. The van der Waals surface area contributed by atoms with Crippen molar-refractivity contribution in [2.75, 3.05) is 5.43 Å². The van der Waals surface area contributed by atoms with Crippen LogP contribution in [0.2, 0.25) is 0 Å². The second-order valence-electron chi connectivity index (χ2n) is 2.00. The van der Waals surface area contributed by atoms with Gasteiger partial charge in [0.25, 0.3) is 0 Å². The Bertz CT molecular complexity index is 282. The van der Waals surface area contributed by atoms with Gasteiger partial charge in [-0.25, -0.2) is 4.98 Å². The van der Waals surface area contributed by atoms with Crippen molar-refractivity contribution >= 4 is 12.0 Å². The predicted molar refractivity (Wildman–Crippen MR) is 40.2 cm³/mol. The van der Waals surface area contributed by atoms with Crippen LogP contribution in [0.25, 0.3) is 0 Å². The van der Waals surface area contributed by atoms with Crippen LogP contribution in [0.15, 0.2) is 23.7 Å². The summed E-state index contributed by atoms with van der Waals surface area (Å²) in [4.78, 5) is 7.26. The summed E-state index contributed by atoms with van der Waals surface area (Å²) in [6, 6.07) is 0. The van der Waals surface area contributed by atoms with Gasteiger partial charge in [0.15, 0.2) is 5.82 Å². The average molecular weight is 190 g/mol. The lowest BCUT2D eigenvalue weighted by atomic mass is 10.7. The van der Waals surface area contributed by atoms with E-state index in [1.54, 1.807) is 0 Å². The van der Waals surface area contributed by atoms with Crippen LogP contribution in [-0.2, 0) is 0 Å². The molecule has 0 aromatic carbocycles. The zero-order valence-corrected chi connectivity index (χ0v) is 6.28. The highest BCUT2D eigenvalue weighted by molar-refractivity contribution is 5.64. The Balaban J connectivity index is 2.49. The lowest BCUT2D eigenvalue weighted by Gasteiger charge is -1.98. The second-order valence-corrected chi connectivity index (χ2v) is 2.00. The number of rotatable bonds is 2. The normalized spacial score (nSPS) is 11.9. The second kappa shape index (κ2) is 3.83. The van der Waals surface area contributed by atoms with E-state index in [2.05, 4.69) is 20.5 Å². The molecule has 0 atom stereocenters. The molecule has 7 heteroatoms. The quantitative estimate of drug-likeness (QED) is 0.567. The van der Waals surface area contributed by atoms with Gasteiger partial charge in [-0.2, -0.15) is 18.3 Å². The number of hydrogen-bond acceptors (Lipinski definition) is 4. The molecule has 1 aromatic rings. The zero-order chi connectivity index (χ0) is 9.73. The molecule has 0 aliphatic rings. The fourth-order valence-electron chi connectivity index (χ4n) is 0.528. The first kappa shape index (κ1) is 9.43. The van der Waals surface area contributed by atoms with Crippen molar-refractivity contribution in [3.8, 4) is 0 Å². The standard InChI is InChI=1S/C6H5F3N4/c7-6(8,9)4-12-13-5-3-10-1-2-11-5/h1-4H,(H,11,13)/b12-4+. The molecule has 1 N–H and O–H groups in total. The van der Waals surface area contributed by atoms with Gasteiger partial charge in [0.2, 0.25) is 0 Å². The molecule has 70 valence electrons. The van der Waals surface area contributed by atoms with E-state index in [9.17, 15) is 13.2 Å². The molecule has 0 radical (unpaired) electrons. The Morgan fingerprint density at radius 2 is 2.15 bits per heavy atom. The lowest BCUT2D eigenvalue weighted by molar-refractivity contribution is -0.0536. The summed E-state index contributed by atoms with van der Waals surface area (Å²) in [6.07, 6.45) is -0.589. The van der Waals surface area contributed by atoms with Gasteiger partial charge >= 0.3 is 6.18 Å². The summed E-state index contributed by atoms with van der Waals surface area (Å²) in [6.45, 7) is 0. The molecule has 0 saturated heterocycles. The molecule has 0 fully saturated rings. The molecular weight excluding hydrogens is 185 g/mol. The average Bonchev–Trinajstić information content (AvgIpc) is 2.04. The van der Waals surface area contributed by atoms with E-state index in [1.165, 1.54) is 18.6 Å². The van der Waals surface area contributed by atoms with Crippen molar-refractivity contribution < 1.29 is 13.2 Å². The topological polar surface area (TPSA) is 50.2 Å². The van der Waals surface area contributed by atoms with Crippen molar-refractivity contribution in [3.05, 3.63) is 18.6 Å². The molecule has 0 aliphatic heterocycles. The molecule has 13 heavy (non-hydrogen) atoms. The van der Waals surface area contributed by atoms with Gasteiger partial charge in [0.1, 0.15) is 6.21 Å². The molecule has 4 nitrogen and oxygen atoms in total. The molecule has 0 spiro atoms. The van der Waals surface area contributed by atoms with Crippen molar-refractivity contribution in [3.63, 3.8) is 0 Å². The first-order chi connectivity index (χ1) is 6.08. The van der Waals surface area contributed by atoms with Gasteiger partial charge in [-0.1, -0.05) is 0 Å². The van der Waals surface area contributed by atoms with Gasteiger partial charge < -0.3 is 0 Å². The van der Waals surface area contributed by atoms with Crippen molar-refractivity contribution in [1.82, 2.24) is 9.97 Å². The summed E-state index contributed by atoms with van der Waals surface area (Å²) in [7, 11) is 0. The number of hydrazone groups is 1. The van der Waals surface area contributed by atoms with Crippen LogP contribution < -0.4 is 5.43 Å². The molecule has 0 saturated carbocycles. The van der Waals surface area contributed by atoms with Crippen LogP contribution in [0.5, 0.6) is 0 Å². The van der Waals surface area contributed by atoms with Crippen LogP contribution in [0, 0.1) is 0 Å². The molecule has 1 rings (SSSR count). The van der Waals surface area contributed by atoms with Gasteiger partial charge in [0, 0.05) is 12.4 Å². The third-order valence-corrected chi connectivity index (χ3v) is 0.953. The summed E-state index contributed by atoms with van der Waals surface area (Å²) in [5.41, 5.74) is 2.08. The van der Waals surface area contributed by atoms with E-state index < -0.39 is 6.18 Å². The fraction of sp³-hybridized carbons (Fsp3) is 0.167. The SMILES string of the molecule is FC(F)(F)/C=N/Nc1cnccn1. The van der Waals surface area contributed by atoms with E-state index in [4.69, 9.17) is 0 Å². The van der Waals surface area contributed by atoms with Crippen LogP contribution in [-0.4, -0.2) is 22.4 Å². The highest BCUT2D eigenvalue weighted by Gasteiger charge is 2.23. The minimum absolute atomic E-state index is 0.156. The summed E-state index contributed by atoms with van der Waals surface area (Å²) >= 11 is 0. The van der Waals surface area contributed by atoms with Crippen molar-refractivity contribution in [2.45, 2.75) is 6.18 Å². The van der Waals surface area contributed by atoms with E-state index >= 15 is 0 Å². The van der Waals surface area contributed by atoms with Gasteiger partial charge in [-0.15, -0.1) is 0 Å².